The summed E-state index contributed by atoms with van der Waals surface area (Å²) in [7, 11) is 0. The molecule has 0 radical (unpaired) electrons. The standard InChI is InChI=1S/C6H12FNO2/c7-1-4-2-8-3-5(9)6(4)10/h4-6,8-10H,1-3H2. The van der Waals surface area contributed by atoms with Gasteiger partial charge in [-0.2, -0.15) is 0 Å². The summed E-state index contributed by atoms with van der Waals surface area (Å²) in [5, 5.41) is 20.9. The molecule has 0 bridgehead atoms. The number of halogens is 1. The quantitative estimate of drug-likeness (QED) is 0.443. The van der Waals surface area contributed by atoms with E-state index in [4.69, 9.17) is 10.2 Å². The second-order valence-electron chi connectivity index (χ2n) is 2.63. The Balaban J connectivity index is 2.42. The highest BCUT2D eigenvalue weighted by Crippen LogP contribution is 2.11. The molecule has 3 nitrogen and oxygen atoms in total. The molecule has 10 heavy (non-hydrogen) atoms. The second-order valence-corrected chi connectivity index (χ2v) is 2.63. The molecule has 3 unspecified atom stereocenters. The Kier molecular flexibility index (Phi) is 2.59. The molecule has 4 heteroatoms. The van der Waals surface area contributed by atoms with Gasteiger partial charge < -0.3 is 15.5 Å². The molecule has 0 spiro atoms. The van der Waals surface area contributed by atoms with Gasteiger partial charge in [0.25, 0.3) is 0 Å². The maximum atomic E-state index is 12.0. The predicted molar refractivity (Wildman–Crippen MR) is 34.3 cm³/mol. The third-order valence-corrected chi connectivity index (χ3v) is 1.84. The summed E-state index contributed by atoms with van der Waals surface area (Å²) in [6, 6.07) is 0. The molecule has 0 aromatic carbocycles. The van der Waals surface area contributed by atoms with Crippen molar-refractivity contribution in [1.29, 1.82) is 0 Å². The van der Waals surface area contributed by atoms with Crippen molar-refractivity contribution < 1.29 is 14.6 Å². The predicted octanol–water partition coefficient (Wildman–Crippen LogP) is -1.10. The topological polar surface area (TPSA) is 52.5 Å². The van der Waals surface area contributed by atoms with Gasteiger partial charge in [-0.3, -0.25) is 4.39 Å². The molecule has 1 rings (SSSR count). The number of nitrogens with one attached hydrogen (secondary N) is 1. The van der Waals surface area contributed by atoms with Crippen LogP contribution in [-0.4, -0.2) is 42.2 Å². The lowest BCUT2D eigenvalue weighted by molar-refractivity contribution is -0.0406. The van der Waals surface area contributed by atoms with Gasteiger partial charge in [0.2, 0.25) is 0 Å². The molecule has 60 valence electrons. The lowest BCUT2D eigenvalue weighted by Gasteiger charge is -2.30. The molecule has 0 aliphatic carbocycles. The van der Waals surface area contributed by atoms with Crippen molar-refractivity contribution in [3.63, 3.8) is 0 Å². The molecule has 3 N–H and O–H groups in total. The lowest BCUT2D eigenvalue weighted by Crippen LogP contribution is -2.51. The molecule has 0 aromatic heterocycles. The van der Waals surface area contributed by atoms with E-state index in [0.29, 0.717) is 13.1 Å². The number of piperidine rings is 1. The molecule has 3 atom stereocenters. The van der Waals surface area contributed by atoms with E-state index in [9.17, 15) is 4.39 Å². The van der Waals surface area contributed by atoms with E-state index < -0.39 is 24.8 Å². The average molecular weight is 149 g/mol. The summed E-state index contributed by atoms with van der Waals surface area (Å²) in [6.07, 6.45) is -1.71. The molecule has 1 saturated heterocycles. The zero-order valence-electron chi connectivity index (χ0n) is 5.63. The minimum absolute atomic E-state index is 0.359. The van der Waals surface area contributed by atoms with Crippen LogP contribution >= 0.6 is 0 Å². The summed E-state index contributed by atoms with van der Waals surface area (Å²) in [6.45, 7) is 0.234. The summed E-state index contributed by atoms with van der Waals surface area (Å²) in [4.78, 5) is 0. The first kappa shape index (κ1) is 7.91. The normalized spacial score (nSPS) is 41.7. The van der Waals surface area contributed by atoms with Gasteiger partial charge in [0, 0.05) is 19.0 Å². The van der Waals surface area contributed by atoms with E-state index in [0.717, 1.165) is 0 Å². The Labute approximate surface area is 58.9 Å². The van der Waals surface area contributed by atoms with E-state index >= 15 is 0 Å². The van der Waals surface area contributed by atoms with E-state index in [1.54, 1.807) is 0 Å². The molecular formula is C6H12FNO2. The van der Waals surface area contributed by atoms with E-state index in [-0.39, 0.29) is 0 Å². The van der Waals surface area contributed by atoms with Crippen LogP contribution in [0.15, 0.2) is 0 Å². The highest BCUT2D eigenvalue weighted by molar-refractivity contribution is 4.83. The van der Waals surface area contributed by atoms with E-state index in [1.807, 2.05) is 0 Å². The summed E-state index contributed by atoms with van der Waals surface area (Å²) in [5.41, 5.74) is 0. The van der Waals surface area contributed by atoms with Crippen LogP contribution in [0.25, 0.3) is 0 Å². The van der Waals surface area contributed by atoms with Crippen LogP contribution in [0.4, 0.5) is 4.39 Å². The maximum Gasteiger partial charge on any atom is 0.0960 e. The first-order valence-electron chi connectivity index (χ1n) is 3.38. The Bertz CT molecular complexity index is 112. The van der Waals surface area contributed by atoms with Crippen molar-refractivity contribution in [3.05, 3.63) is 0 Å². The minimum Gasteiger partial charge on any atom is -0.390 e. The van der Waals surface area contributed by atoms with Crippen LogP contribution in [0, 0.1) is 5.92 Å². The second kappa shape index (κ2) is 3.27. The Hall–Kier alpha value is -0.190. The number of rotatable bonds is 1. The smallest absolute Gasteiger partial charge is 0.0960 e. The highest BCUT2D eigenvalue weighted by Gasteiger charge is 2.29. The van der Waals surface area contributed by atoms with Crippen LogP contribution < -0.4 is 5.32 Å². The van der Waals surface area contributed by atoms with Crippen molar-refractivity contribution in [2.45, 2.75) is 12.2 Å². The van der Waals surface area contributed by atoms with Crippen LogP contribution in [0.5, 0.6) is 0 Å². The van der Waals surface area contributed by atoms with Gasteiger partial charge in [0.05, 0.1) is 18.9 Å². The van der Waals surface area contributed by atoms with Gasteiger partial charge in [-0.1, -0.05) is 0 Å². The molecule has 0 aromatic rings. The molecule has 1 fully saturated rings. The van der Waals surface area contributed by atoms with Gasteiger partial charge in [-0.05, 0) is 0 Å². The fourth-order valence-electron chi connectivity index (χ4n) is 1.12. The average Bonchev–Trinajstić information content (AvgIpc) is 1.95. The first-order valence-corrected chi connectivity index (χ1v) is 3.38. The van der Waals surface area contributed by atoms with E-state index in [2.05, 4.69) is 5.32 Å². The number of hydrogen-bond acceptors (Lipinski definition) is 3. The van der Waals surface area contributed by atoms with Crippen LogP contribution in [-0.2, 0) is 0 Å². The third kappa shape index (κ3) is 1.45. The van der Waals surface area contributed by atoms with Crippen molar-refractivity contribution in [2.24, 2.45) is 5.92 Å². The number of aliphatic hydroxyl groups excluding tert-OH is 2. The Morgan fingerprint density at radius 2 is 2.10 bits per heavy atom. The summed E-state index contributed by atoms with van der Waals surface area (Å²) >= 11 is 0. The van der Waals surface area contributed by atoms with Gasteiger partial charge in [-0.25, -0.2) is 0 Å². The lowest BCUT2D eigenvalue weighted by atomic mass is 9.95. The number of hydrogen-bond donors (Lipinski definition) is 3. The van der Waals surface area contributed by atoms with Crippen molar-refractivity contribution >= 4 is 0 Å². The van der Waals surface area contributed by atoms with Crippen molar-refractivity contribution in [1.82, 2.24) is 5.32 Å². The SMILES string of the molecule is OC1CNCC(CF)C1O. The summed E-state index contributed by atoms with van der Waals surface area (Å²) in [5.74, 6) is -0.441. The molecule has 1 aliphatic heterocycles. The van der Waals surface area contributed by atoms with Gasteiger partial charge in [0.1, 0.15) is 0 Å². The Morgan fingerprint density at radius 1 is 1.40 bits per heavy atom. The first-order chi connectivity index (χ1) is 4.75. The molecule has 0 saturated carbocycles. The summed E-state index contributed by atoms with van der Waals surface area (Å²) < 4.78 is 12.0. The number of alkyl halides is 1. The minimum atomic E-state index is -0.897. The van der Waals surface area contributed by atoms with Gasteiger partial charge in [0.15, 0.2) is 0 Å². The molecule has 0 amide bonds. The zero-order chi connectivity index (χ0) is 7.56. The largest absolute Gasteiger partial charge is 0.390 e. The van der Waals surface area contributed by atoms with Crippen LogP contribution in [0.2, 0.25) is 0 Å². The monoisotopic (exact) mass is 149 g/mol. The molecule has 1 aliphatic rings. The fraction of sp³-hybridized carbons (Fsp3) is 1.00. The van der Waals surface area contributed by atoms with Crippen LogP contribution in [0.3, 0.4) is 0 Å². The van der Waals surface area contributed by atoms with Crippen LogP contribution in [0.1, 0.15) is 0 Å². The van der Waals surface area contributed by atoms with Gasteiger partial charge in [-0.15, -0.1) is 0 Å². The number of β-amino-alcohol motifs (C(OH)–C–C–N with tert-alkyl or cyclic N) is 1. The highest BCUT2D eigenvalue weighted by atomic mass is 19.1. The van der Waals surface area contributed by atoms with Gasteiger partial charge >= 0.3 is 0 Å². The Morgan fingerprint density at radius 3 is 2.60 bits per heavy atom. The molecule has 1 heterocycles. The maximum absolute atomic E-state index is 12.0. The van der Waals surface area contributed by atoms with E-state index in [1.165, 1.54) is 0 Å². The number of aliphatic hydroxyl groups is 2. The van der Waals surface area contributed by atoms with Crippen molar-refractivity contribution in [3.8, 4) is 0 Å². The third-order valence-electron chi connectivity index (χ3n) is 1.84. The molecular weight excluding hydrogens is 137 g/mol. The zero-order valence-corrected chi connectivity index (χ0v) is 5.63. The van der Waals surface area contributed by atoms with Crippen molar-refractivity contribution in [2.75, 3.05) is 19.8 Å². The fourth-order valence-corrected chi connectivity index (χ4v) is 1.12.